The van der Waals surface area contributed by atoms with Crippen LogP contribution in [0.4, 0.5) is 0 Å². The topological polar surface area (TPSA) is 102 Å². The molecule has 9 rings (SSSR count). The Hall–Kier alpha value is -1.63. The molecule has 3 aliphatic heterocycles. The molecular weight excluding hydrogens is 532 g/mol. The normalized spacial score (nSPS) is 54.6. The molecule has 0 bridgehead atoms. The quantitative estimate of drug-likeness (QED) is 0.225. The molecule has 6 aliphatic carbocycles. The highest BCUT2D eigenvalue weighted by Crippen LogP contribution is 2.75. The fourth-order valence-electron chi connectivity index (χ4n) is 11.6. The summed E-state index contributed by atoms with van der Waals surface area (Å²) < 4.78 is 17.0. The molecule has 0 aromatic carbocycles. The Morgan fingerprint density at radius 3 is 1.43 bits per heavy atom. The van der Waals surface area contributed by atoms with Crippen molar-refractivity contribution in [3.8, 4) is 0 Å². The lowest BCUT2D eigenvalue weighted by molar-refractivity contribution is -0.164. The van der Waals surface area contributed by atoms with Crippen LogP contribution in [-0.4, -0.2) is 46.4 Å². The van der Waals surface area contributed by atoms with E-state index in [-0.39, 0.29) is 22.4 Å². The molecule has 42 heavy (non-hydrogen) atoms. The van der Waals surface area contributed by atoms with Gasteiger partial charge in [0.15, 0.2) is 5.92 Å². The maximum atomic E-state index is 11.7. The second-order valence-corrected chi connectivity index (χ2v) is 17.5. The van der Waals surface area contributed by atoms with Crippen LogP contribution >= 0.6 is 0 Å². The van der Waals surface area contributed by atoms with Gasteiger partial charge < -0.3 is 19.3 Å². The number of aliphatic carboxylic acids is 1. The van der Waals surface area contributed by atoms with E-state index in [2.05, 4.69) is 62.3 Å². The van der Waals surface area contributed by atoms with E-state index in [1.165, 1.54) is 12.8 Å². The number of fused-ring (bicyclic) bond motifs is 6. The van der Waals surface area contributed by atoms with Gasteiger partial charge in [0.2, 0.25) is 0 Å². The zero-order chi connectivity index (χ0) is 30.6. The van der Waals surface area contributed by atoms with Gasteiger partial charge in [-0.2, -0.15) is 0 Å². The Kier molecular flexibility index (Phi) is 5.78. The molecule has 0 aromatic heterocycles. The van der Waals surface area contributed by atoms with Crippen molar-refractivity contribution in [3.05, 3.63) is 0 Å². The molecule has 7 nitrogen and oxygen atoms in total. The predicted octanol–water partition coefficient (Wildman–Crippen LogP) is 6.13. The van der Waals surface area contributed by atoms with Crippen LogP contribution in [0.25, 0.3) is 0 Å². The Morgan fingerprint density at radius 2 is 1.14 bits per heavy atom. The lowest BCUT2D eigenvalue weighted by atomic mass is 9.67. The van der Waals surface area contributed by atoms with Gasteiger partial charge in [0.1, 0.15) is 11.2 Å². The third-order valence-electron chi connectivity index (χ3n) is 15.8. The van der Waals surface area contributed by atoms with Crippen molar-refractivity contribution in [1.29, 1.82) is 0 Å². The van der Waals surface area contributed by atoms with Gasteiger partial charge in [-0.15, -0.1) is 0 Å². The van der Waals surface area contributed by atoms with Crippen molar-refractivity contribution >= 4 is 17.9 Å². The van der Waals surface area contributed by atoms with Gasteiger partial charge in [-0.05, 0) is 72.5 Å². The maximum absolute atomic E-state index is 11.7. The minimum Gasteiger partial charge on any atom is -0.481 e. The van der Waals surface area contributed by atoms with Gasteiger partial charge in [-0.1, -0.05) is 62.3 Å². The highest BCUT2D eigenvalue weighted by molar-refractivity contribution is 5.96. The summed E-state index contributed by atoms with van der Waals surface area (Å²) in [5, 5.41) is 9.06. The van der Waals surface area contributed by atoms with E-state index in [4.69, 9.17) is 19.3 Å². The van der Waals surface area contributed by atoms with Crippen LogP contribution < -0.4 is 0 Å². The summed E-state index contributed by atoms with van der Waals surface area (Å²) in [6.45, 7) is 21.5. The third-order valence-corrected chi connectivity index (χ3v) is 15.8. The molecule has 3 heterocycles. The van der Waals surface area contributed by atoms with Crippen LogP contribution in [0.2, 0.25) is 0 Å². The van der Waals surface area contributed by atoms with E-state index in [9.17, 15) is 14.4 Å². The maximum Gasteiger partial charge on any atom is 0.321 e. The highest BCUT2D eigenvalue weighted by atomic mass is 16.6. The second-order valence-electron chi connectivity index (χ2n) is 17.5. The standard InChI is InChI=1S/C13H18O4.C12H18O2.C10H16O/c1-6-7-4-9(7)13(12(6,2)3)5-8(10(14)15)11(16)17-13;1-7-8-6-9(8)12(11(7,2)3)5-4-10(13)14-12;1-6-7-4-8(7)10(5-11-10)9(6,2)3/h6-9H,4-5H2,1-3H3,(H,14,15);7-9H,4-6H2,1-3H3;6-8H,4-5H2,1-3H3/t6?,7?,8?,9?,13-;7?,8?,9?,12-;6?,7?,8?,10-/m000/s1. The van der Waals surface area contributed by atoms with E-state index in [0.29, 0.717) is 53.4 Å². The first-order valence-corrected chi connectivity index (χ1v) is 16.7. The number of esters is 2. The molecule has 7 heteroatoms. The van der Waals surface area contributed by atoms with E-state index in [0.717, 1.165) is 43.1 Å². The molecule has 234 valence electrons. The minimum absolute atomic E-state index is 0.0258. The van der Waals surface area contributed by atoms with Gasteiger partial charge >= 0.3 is 17.9 Å². The molecule has 13 atom stereocenters. The largest absolute Gasteiger partial charge is 0.481 e. The van der Waals surface area contributed by atoms with Gasteiger partial charge in [-0.3, -0.25) is 14.4 Å². The summed E-state index contributed by atoms with van der Waals surface area (Å²) >= 11 is 0. The average molecular weight is 585 g/mol. The van der Waals surface area contributed by atoms with E-state index in [1.54, 1.807) is 0 Å². The summed E-state index contributed by atoms with van der Waals surface area (Å²) in [7, 11) is 0. The lowest BCUT2D eigenvalue weighted by Crippen LogP contribution is -2.46. The SMILES string of the molecule is CC1C2CC2[C@@]2(CC(C(=O)O)C(=O)O2)C1(C)C.CC1C2CC2[C@@]2(CCC(=O)O2)C1(C)C.CC1C2CC2[C@@]2(CO2)C1(C)C. The van der Waals surface area contributed by atoms with Crippen LogP contribution in [-0.2, 0) is 28.6 Å². The number of epoxide rings is 1. The summed E-state index contributed by atoms with van der Waals surface area (Å²) in [5.41, 5.74) is 0.274. The van der Waals surface area contributed by atoms with E-state index < -0.39 is 23.5 Å². The average Bonchev–Trinajstić information content (AvgIpc) is 3.75. The first-order chi connectivity index (χ1) is 19.4. The monoisotopic (exact) mass is 584 g/mol. The van der Waals surface area contributed by atoms with Crippen molar-refractivity contribution in [1.82, 2.24) is 0 Å². The summed E-state index contributed by atoms with van der Waals surface area (Å²) in [4.78, 5) is 34.1. The highest BCUT2D eigenvalue weighted by Gasteiger charge is 2.77. The Morgan fingerprint density at radius 1 is 0.714 bits per heavy atom. The fourth-order valence-corrected chi connectivity index (χ4v) is 11.6. The summed E-state index contributed by atoms with van der Waals surface area (Å²) in [6, 6.07) is 0. The molecule has 3 spiro atoms. The molecule has 3 saturated heterocycles. The van der Waals surface area contributed by atoms with Gasteiger partial charge in [0.05, 0.1) is 12.2 Å². The predicted molar refractivity (Wildman–Crippen MR) is 155 cm³/mol. The van der Waals surface area contributed by atoms with Crippen molar-refractivity contribution < 1.29 is 33.7 Å². The smallest absolute Gasteiger partial charge is 0.321 e. The number of carbonyl (C=O) groups excluding carboxylic acids is 2. The van der Waals surface area contributed by atoms with Crippen LogP contribution in [0.1, 0.15) is 101 Å². The second kappa shape index (κ2) is 8.34. The zero-order valence-corrected chi connectivity index (χ0v) is 27.1. The molecule has 0 radical (unpaired) electrons. The van der Waals surface area contributed by atoms with Crippen LogP contribution in [0.5, 0.6) is 0 Å². The Balaban J connectivity index is 0.000000105. The van der Waals surface area contributed by atoms with Gasteiger partial charge in [-0.25, -0.2) is 0 Å². The number of carboxylic acid groups (broad SMARTS) is 1. The molecule has 1 N–H and O–H groups in total. The lowest BCUT2D eigenvalue weighted by Gasteiger charge is -2.42. The molecule has 10 unspecified atom stereocenters. The molecular formula is C35H52O7. The van der Waals surface area contributed by atoms with Crippen molar-refractivity contribution in [2.75, 3.05) is 6.61 Å². The van der Waals surface area contributed by atoms with Crippen LogP contribution in [0.3, 0.4) is 0 Å². The summed E-state index contributed by atoms with van der Waals surface area (Å²) in [6.07, 6.45) is 5.79. The number of carbonyl (C=O) groups is 3. The first kappa shape index (κ1) is 29.1. The van der Waals surface area contributed by atoms with Gasteiger partial charge in [0, 0.05) is 35.5 Å². The fraction of sp³-hybridized carbons (Fsp3) is 0.914. The van der Waals surface area contributed by atoms with Crippen molar-refractivity contribution in [2.45, 2.75) is 118 Å². The first-order valence-electron chi connectivity index (χ1n) is 16.7. The number of carboxylic acids is 1. The molecule has 6 saturated carbocycles. The number of hydrogen-bond donors (Lipinski definition) is 1. The zero-order valence-electron chi connectivity index (χ0n) is 27.1. The molecule has 0 amide bonds. The van der Waals surface area contributed by atoms with E-state index in [1.807, 2.05) is 0 Å². The Labute approximate surface area is 251 Å². The third kappa shape index (κ3) is 3.41. The van der Waals surface area contributed by atoms with Gasteiger partial charge in [0.25, 0.3) is 0 Å². The van der Waals surface area contributed by atoms with Crippen molar-refractivity contribution in [2.24, 2.45) is 75.4 Å². The molecule has 0 aromatic rings. The number of ether oxygens (including phenoxy) is 3. The number of rotatable bonds is 1. The van der Waals surface area contributed by atoms with Crippen LogP contribution in [0, 0.1) is 75.4 Å². The molecule has 9 aliphatic rings. The van der Waals surface area contributed by atoms with Crippen LogP contribution in [0.15, 0.2) is 0 Å². The number of hydrogen-bond acceptors (Lipinski definition) is 6. The minimum atomic E-state index is -1.04. The Bertz CT molecular complexity index is 1230. The molecule has 9 fully saturated rings. The van der Waals surface area contributed by atoms with E-state index >= 15 is 0 Å². The van der Waals surface area contributed by atoms with Crippen molar-refractivity contribution in [3.63, 3.8) is 0 Å². The summed E-state index contributed by atoms with van der Waals surface area (Å²) in [5.74, 6) is 4.03.